The zero-order valence-corrected chi connectivity index (χ0v) is 29.5. The fourth-order valence-electron chi connectivity index (χ4n) is 7.58. The number of aromatic nitrogens is 5. The molecule has 5 aromatic rings. The van der Waals surface area contributed by atoms with Crippen molar-refractivity contribution >= 4 is 39.8 Å². The highest BCUT2D eigenvalue weighted by Crippen LogP contribution is 2.37. The van der Waals surface area contributed by atoms with Crippen molar-refractivity contribution in [3.63, 3.8) is 0 Å². The van der Waals surface area contributed by atoms with Crippen molar-refractivity contribution in [3.8, 4) is 11.1 Å². The van der Waals surface area contributed by atoms with Crippen LogP contribution in [0.15, 0.2) is 59.7 Å². The van der Waals surface area contributed by atoms with Crippen LogP contribution in [0, 0.1) is 0 Å². The second kappa shape index (κ2) is 15.2. The second-order valence-corrected chi connectivity index (χ2v) is 14.1. The van der Waals surface area contributed by atoms with Gasteiger partial charge in [0, 0.05) is 55.9 Å². The van der Waals surface area contributed by atoms with E-state index in [0.717, 1.165) is 104 Å². The Balaban J connectivity index is 0.977. The van der Waals surface area contributed by atoms with Crippen LogP contribution in [0.5, 0.6) is 0 Å². The summed E-state index contributed by atoms with van der Waals surface area (Å²) < 4.78 is 5.41. The molecule has 3 aromatic heterocycles. The Morgan fingerprint density at radius 3 is 2.49 bits per heavy atom. The lowest BCUT2D eigenvalue weighted by atomic mass is 9.93. The first kappa shape index (κ1) is 34.6. The molecule has 1 saturated heterocycles. The van der Waals surface area contributed by atoms with Gasteiger partial charge in [0.1, 0.15) is 11.7 Å². The molecule has 1 saturated carbocycles. The van der Waals surface area contributed by atoms with Crippen LogP contribution < -0.4 is 21.6 Å². The minimum absolute atomic E-state index is 0.211. The fourth-order valence-corrected chi connectivity index (χ4v) is 7.58. The van der Waals surface area contributed by atoms with Crippen molar-refractivity contribution in [3.05, 3.63) is 76.5 Å². The normalized spacial score (nSPS) is 19.5. The van der Waals surface area contributed by atoms with E-state index in [-0.39, 0.29) is 24.1 Å². The molecule has 2 aliphatic rings. The standard InChI is InChI=1S/C39H48N8O4/c1-3-4-20-41-38-42-23-30-31(24-46(36(30)44-38)28-12-14-29(48)15-13-28)27-10-7-26(8-11-27)22-40-19-5-6-25-9-16-32-34(21-25)45(2)39(51)47(32)33-17-18-35(49)43-37(33)50/h7-11,16,21,23-24,28-29,33,40,48H,3-6,12-15,17-20,22H2,1-2H3,(H,41,42,44)(H,43,49,50)/t28-,29-,33-/m0/s1. The van der Waals surface area contributed by atoms with Crippen LogP contribution in [0.25, 0.3) is 33.2 Å². The number of amides is 2. The molecule has 2 aromatic carbocycles. The number of carbonyl (C=O) groups is 2. The number of fused-ring (bicyclic) bond motifs is 2. The molecule has 4 heterocycles. The Kier molecular flexibility index (Phi) is 10.3. The van der Waals surface area contributed by atoms with E-state index in [1.165, 1.54) is 10.1 Å². The molecule has 0 bridgehead atoms. The summed E-state index contributed by atoms with van der Waals surface area (Å²) in [5, 5.41) is 20.5. The first-order valence-electron chi connectivity index (χ1n) is 18.4. The van der Waals surface area contributed by atoms with E-state index >= 15 is 0 Å². The molecule has 1 aliphatic carbocycles. The van der Waals surface area contributed by atoms with Gasteiger partial charge in [-0.3, -0.25) is 24.0 Å². The number of nitrogens with zero attached hydrogens (tertiary/aromatic N) is 5. The van der Waals surface area contributed by atoms with E-state index in [2.05, 4.69) is 62.9 Å². The van der Waals surface area contributed by atoms with Gasteiger partial charge in [-0.05, 0) is 86.7 Å². The van der Waals surface area contributed by atoms with E-state index in [4.69, 9.17) is 4.98 Å². The van der Waals surface area contributed by atoms with Crippen molar-refractivity contribution in [2.45, 2.75) is 95.9 Å². The predicted molar refractivity (Wildman–Crippen MR) is 199 cm³/mol. The van der Waals surface area contributed by atoms with E-state index < -0.39 is 11.9 Å². The zero-order chi connectivity index (χ0) is 35.5. The number of unbranched alkanes of at least 4 members (excludes halogenated alkanes) is 1. The maximum atomic E-state index is 13.1. The minimum Gasteiger partial charge on any atom is -0.393 e. The first-order chi connectivity index (χ1) is 24.8. The Bertz CT molecular complexity index is 2090. The molecule has 268 valence electrons. The van der Waals surface area contributed by atoms with Gasteiger partial charge in [0.05, 0.1) is 17.1 Å². The molecule has 1 aliphatic heterocycles. The van der Waals surface area contributed by atoms with Gasteiger partial charge in [-0.15, -0.1) is 0 Å². The number of nitrogens with one attached hydrogen (secondary N) is 3. The molecule has 2 amide bonds. The highest BCUT2D eigenvalue weighted by Gasteiger charge is 2.31. The SMILES string of the molecule is CCCCNc1ncc2c(-c3ccc(CNCCCc4ccc5c(c4)n(C)c(=O)n5[C@H]4CCC(=O)NC4=O)cc3)cn([C@H]3CC[C@H](O)CC3)c2n1. The molecule has 12 nitrogen and oxygen atoms in total. The van der Waals surface area contributed by atoms with Crippen molar-refractivity contribution in [1.29, 1.82) is 0 Å². The van der Waals surface area contributed by atoms with Gasteiger partial charge in [0.15, 0.2) is 0 Å². The summed E-state index contributed by atoms with van der Waals surface area (Å²) in [5.74, 6) is -0.0574. The van der Waals surface area contributed by atoms with E-state index in [1.807, 2.05) is 24.4 Å². The summed E-state index contributed by atoms with van der Waals surface area (Å²) in [4.78, 5) is 46.8. The van der Waals surface area contributed by atoms with Gasteiger partial charge in [-0.2, -0.15) is 4.98 Å². The molecule has 12 heteroatoms. The van der Waals surface area contributed by atoms with E-state index in [1.54, 1.807) is 11.6 Å². The van der Waals surface area contributed by atoms with Gasteiger partial charge in [0.2, 0.25) is 17.8 Å². The van der Waals surface area contributed by atoms with Gasteiger partial charge >= 0.3 is 5.69 Å². The molecular formula is C39H48N8O4. The topological polar surface area (TPSA) is 148 Å². The maximum Gasteiger partial charge on any atom is 0.329 e. The van der Waals surface area contributed by atoms with Crippen LogP contribution in [0.2, 0.25) is 0 Å². The average molecular weight is 693 g/mol. The lowest BCUT2D eigenvalue weighted by Gasteiger charge is -2.27. The number of hydrogen-bond acceptors (Lipinski definition) is 8. The molecule has 1 atom stereocenters. The van der Waals surface area contributed by atoms with E-state index in [9.17, 15) is 19.5 Å². The third kappa shape index (κ3) is 7.34. The summed E-state index contributed by atoms with van der Waals surface area (Å²) in [5.41, 5.74) is 6.76. The number of rotatable bonds is 13. The molecule has 51 heavy (non-hydrogen) atoms. The Morgan fingerprint density at radius 1 is 0.941 bits per heavy atom. The van der Waals surface area contributed by atoms with Crippen molar-refractivity contribution < 1.29 is 14.7 Å². The largest absolute Gasteiger partial charge is 0.393 e. The smallest absolute Gasteiger partial charge is 0.329 e. The Labute approximate surface area is 297 Å². The quantitative estimate of drug-likeness (QED) is 0.0980. The number of piperidine rings is 1. The molecule has 0 radical (unpaired) electrons. The van der Waals surface area contributed by atoms with Gasteiger partial charge in [-0.1, -0.05) is 43.7 Å². The number of benzene rings is 2. The number of aryl methyl sites for hydroxylation is 2. The van der Waals surface area contributed by atoms with Crippen LogP contribution in [0.3, 0.4) is 0 Å². The third-order valence-electron chi connectivity index (χ3n) is 10.5. The maximum absolute atomic E-state index is 13.1. The Morgan fingerprint density at radius 2 is 1.73 bits per heavy atom. The zero-order valence-electron chi connectivity index (χ0n) is 29.5. The molecule has 0 spiro atoms. The highest BCUT2D eigenvalue weighted by atomic mass is 16.3. The lowest BCUT2D eigenvalue weighted by molar-refractivity contribution is -0.135. The van der Waals surface area contributed by atoms with Crippen LogP contribution >= 0.6 is 0 Å². The van der Waals surface area contributed by atoms with Crippen LogP contribution in [-0.2, 0) is 29.6 Å². The number of carbonyl (C=O) groups excluding carboxylic acids is 2. The number of hydrogen-bond donors (Lipinski definition) is 4. The van der Waals surface area contributed by atoms with Gasteiger partial charge in [0.25, 0.3) is 0 Å². The van der Waals surface area contributed by atoms with Gasteiger partial charge in [-0.25, -0.2) is 9.78 Å². The van der Waals surface area contributed by atoms with Crippen LogP contribution in [0.4, 0.5) is 5.95 Å². The molecule has 0 unspecified atom stereocenters. The van der Waals surface area contributed by atoms with Crippen molar-refractivity contribution in [2.24, 2.45) is 7.05 Å². The second-order valence-electron chi connectivity index (χ2n) is 14.1. The molecular weight excluding hydrogens is 644 g/mol. The van der Waals surface area contributed by atoms with Crippen molar-refractivity contribution in [1.82, 2.24) is 34.3 Å². The van der Waals surface area contributed by atoms with Crippen molar-refractivity contribution in [2.75, 3.05) is 18.4 Å². The van der Waals surface area contributed by atoms with Crippen LogP contribution in [-0.4, -0.2) is 59.8 Å². The number of anilines is 1. The number of aliphatic hydroxyl groups excluding tert-OH is 1. The first-order valence-corrected chi connectivity index (χ1v) is 18.4. The average Bonchev–Trinajstić information content (AvgIpc) is 3.63. The van der Waals surface area contributed by atoms with Gasteiger partial charge < -0.3 is 20.3 Å². The summed E-state index contributed by atoms with van der Waals surface area (Å²) >= 11 is 0. The lowest BCUT2D eigenvalue weighted by Crippen LogP contribution is -2.44. The monoisotopic (exact) mass is 692 g/mol. The predicted octanol–water partition coefficient (Wildman–Crippen LogP) is 5.14. The van der Waals surface area contributed by atoms with Crippen LogP contribution in [0.1, 0.15) is 87.9 Å². The summed E-state index contributed by atoms with van der Waals surface area (Å²) in [6.45, 7) is 4.61. The molecule has 4 N–H and O–H groups in total. The minimum atomic E-state index is -0.680. The summed E-state index contributed by atoms with van der Waals surface area (Å²) in [6.07, 6.45) is 12.0. The fraction of sp³-hybridized carbons (Fsp3) is 0.462. The molecule has 2 fully saturated rings. The highest BCUT2D eigenvalue weighted by molar-refractivity contribution is 6.00. The summed E-state index contributed by atoms with van der Waals surface area (Å²) in [7, 11) is 1.72. The number of imidazole rings is 1. The molecule has 7 rings (SSSR count). The number of imide groups is 1. The number of aliphatic hydroxyl groups is 1. The van der Waals surface area contributed by atoms with E-state index in [0.29, 0.717) is 23.9 Å². The Hall–Kier alpha value is -4.81. The third-order valence-corrected chi connectivity index (χ3v) is 10.5. The summed E-state index contributed by atoms with van der Waals surface area (Å²) in [6, 6.07) is 14.3.